The first kappa shape index (κ1) is 17.8. The third kappa shape index (κ3) is 13.4. The highest BCUT2D eigenvalue weighted by atomic mass is 16.1. The van der Waals surface area contributed by atoms with Crippen LogP contribution >= 0.6 is 0 Å². The molecule has 1 rings (SSSR count). The van der Waals surface area contributed by atoms with Gasteiger partial charge in [0.2, 0.25) is 5.91 Å². The summed E-state index contributed by atoms with van der Waals surface area (Å²) in [6.07, 6.45) is 3.64. The van der Waals surface area contributed by atoms with Gasteiger partial charge in [0, 0.05) is 14.9 Å². The van der Waals surface area contributed by atoms with Crippen molar-refractivity contribution in [3.63, 3.8) is 0 Å². The highest BCUT2D eigenvalue weighted by Crippen LogP contribution is 2.09. The first-order chi connectivity index (χ1) is 7.70. The maximum absolute atomic E-state index is 10.6. The lowest BCUT2D eigenvalue weighted by Gasteiger charge is -2.22. The van der Waals surface area contributed by atoms with Crippen LogP contribution in [0.1, 0.15) is 55.3 Å². The smallest absolute Gasteiger partial charge is 0.216 e. The SMILES string of the molecule is CC.CC(=O)NCC1CCNCC1.CCC.[HH]. The van der Waals surface area contributed by atoms with Crippen LogP contribution in [0.4, 0.5) is 0 Å². The van der Waals surface area contributed by atoms with Gasteiger partial charge >= 0.3 is 0 Å². The molecule has 0 aliphatic carbocycles. The van der Waals surface area contributed by atoms with Crippen LogP contribution in [0.2, 0.25) is 0 Å². The molecule has 3 heteroatoms. The van der Waals surface area contributed by atoms with Crippen molar-refractivity contribution in [1.82, 2.24) is 10.6 Å². The average Bonchev–Trinajstić information content (AvgIpc) is 2.31. The summed E-state index contributed by atoms with van der Waals surface area (Å²) in [4.78, 5) is 10.6. The van der Waals surface area contributed by atoms with E-state index < -0.39 is 0 Å². The number of carbonyl (C=O) groups excluding carboxylic acids is 1. The molecule has 0 radical (unpaired) electrons. The van der Waals surface area contributed by atoms with E-state index in [1.54, 1.807) is 6.92 Å². The lowest BCUT2D eigenvalue weighted by molar-refractivity contribution is -0.119. The van der Waals surface area contributed by atoms with Crippen LogP contribution in [0.15, 0.2) is 0 Å². The molecule has 1 saturated heterocycles. The van der Waals surface area contributed by atoms with Gasteiger partial charge < -0.3 is 10.6 Å². The number of nitrogens with one attached hydrogen (secondary N) is 2. The summed E-state index contributed by atoms with van der Waals surface area (Å²) in [5.41, 5.74) is 0. The van der Waals surface area contributed by atoms with Crippen LogP contribution in [0.5, 0.6) is 0 Å². The van der Waals surface area contributed by atoms with E-state index in [-0.39, 0.29) is 7.33 Å². The molecular weight excluding hydrogens is 200 g/mol. The molecule has 1 aliphatic heterocycles. The average molecular weight is 232 g/mol. The van der Waals surface area contributed by atoms with Crippen molar-refractivity contribution in [2.24, 2.45) is 5.92 Å². The van der Waals surface area contributed by atoms with Crippen LogP contribution in [-0.4, -0.2) is 25.5 Å². The molecule has 0 unspecified atom stereocenters. The maximum Gasteiger partial charge on any atom is 0.216 e. The first-order valence-electron chi connectivity index (χ1n) is 6.65. The summed E-state index contributed by atoms with van der Waals surface area (Å²) < 4.78 is 0. The zero-order chi connectivity index (χ0) is 12.8. The fourth-order valence-electron chi connectivity index (χ4n) is 1.37. The Labute approximate surface area is 103 Å². The molecule has 0 bridgehead atoms. The van der Waals surface area contributed by atoms with E-state index in [4.69, 9.17) is 0 Å². The van der Waals surface area contributed by atoms with Crippen molar-refractivity contribution in [3.05, 3.63) is 0 Å². The fraction of sp³-hybridized carbons (Fsp3) is 0.923. The molecule has 0 spiro atoms. The predicted molar refractivity (Wildman–Crippen MR) is 73.7 cm³/mol. The van der Waals surface area contributed by atoms with Crippen molar-refractivity contribution < 1.29 is 6.22 Å². The number of piperidine rings is 1. The van der Waals surface area contributed by atoms with Gasteiger partial charge in [-0.25, -0.2) is 0 Å². The Morgan fingerprint density at radius 2 is 1.75 bits per heavy atom. The summed E-state index contributed by atoms with van der Waals surface area (Å²) in [5, 5.41) is 6.14. The van der Waals surface area contributed by atoms with Crippen LogP contribution in [0.25, 0.3) is 0 Å². The Bertz CT molecular complexity index is 148. The predicted octanol–water partition coefficient (Wildman–Crippen LogP) is 2.81. The number of hydrogen-bond acceptors (Lipinski definition) is 2. The maximum atomic E-state index is 10.6. The molecule has 0 aromatic carbocycles. The Balaban J connectivity index is -0.000000286. The van der Waals surface area contributed by atoms with Gasteiger partial charge in [-0.1, -0.05) is 34.1 Å². The van der Waals surface area contributed by atoms with Crippen molar-refractivity contribution >= 4 is 5.91 Å². The van der Waals surface area contributed by atoms with E-state index >= 15 is 0 Å². The largest absolute Gasteiger partial charge is 0.356 e. The van der Waals surface area contributed by atoms with Gasteiger partial charge in [0.25, 0.3) is 0 Å². The number of amides is 1. The number of rotatable bonds is 2. The molecule has 0 aromatic rings. The van der Waals surface area contributed by atoms with Crippen molar-refractivity contribution in [1.29, 1.82) is 0 Å². The van der Waals surface area contributed by atoms with Gasteiger partial charge in [0.05, 0.1) is 0 Å². The highest BCUT2D eigenvalue weighted by molar-refractivity contribution is 5.72. The Kier molecular flexibility index (Phi) is 16.1. The molecule has 1 aliphatic rings. The monoisotopic (exact) mass is 232 g/mol. The van der Waals surface area contributed by atoms with Gasteiger partial charge in [0.15, 0.2) is 0 Å². The molecule has 1 fully saturated rings. The number of carbonyl (C=O) groups is 1. The van der Waals surface area contributed by atoms with Crippen LogP contribution < -0.4 is 10.6 Å². The van der Waals surface area contributed by atoms with Crippen molar-refractivity contribution in [2.45, 2.75) is 53.9 Å². The van der Waals surface area contributed by atoms with Crippen molar-refractivity contribution in [2.75, 3.05) is 19.6 Å². The minimum atomic E-state index is 0. The van der Waals surface area contributed by atoms with Crippen LogP contribution in [0, 0.1) is 5.92 Å². The Morgan fingerprint density at radius 3 is 2.12 bits per heavy atom. The molecule has 1 heterocycles. The quantitative estimate of drug-likeness (QED) is 0.768. The van der Waals surface area contributed by atoms with Gasteiger partial charge in [-0.3, -0.25) is 4.79 Å². The minimum Gasteiger partial charge on any atom is -0.356 e. The van der Waals surface area contributed by atoms with Gasteiger partial charge in [0.1, 0.15) is 0 Å². The standard InChI is InChI=1S/C8H16N2O.C3H8.C2H6.H2/c1-7(11)10-6-8-2-4-9-5-3-8;1-3-2;1-2;/h8-9H,2-6H2,1H3,(H,10,11);3H2,1-2H3;1-2H3;1H. The summed E-state index contributed by atoms with van der Waals surface area (Å²) >= 11 is 0. The van der Waals surface area contributed by atoms with Crippen molar-refractivity contribution in [3.8, 4) is 0 Å². The highest BCUT2D eigenvalue weighted by Gasteiger charge is 2.12. The molecule has 2 N–H and O–H groups in total. The van der Waals surface area contributed by atoms with Gasteiger partial charge in [-0.05, 0) is 31.8 Å². The second kappa shape index (κ2) is 14.4. The molecule has 100 valence electrons. The second-order valence-corrected chi connectivity index (χ2v) is 3.84. The summed E-state index contributed by atoms with van der Waals surface area (Å²) in [6, 6.07) is 0. The topological polar surface area (TPSA) is 41.1 Å². The van der Waals surface area contributed by atoms with E-state index in [9.17, 15) is 4.79 Å². The summed E-state index contributed by atoms with van der Waals surface area (Å²) in [6.45, 7) is 12.9. The lowest BCUT2D eigenvalue weighted by Crippen LogP contribution is -2.35. The summed E-state index contributed by atoms with van der Waals surface area (Å²) in [5.74, 6) is 0.781. The Morgan fingerprint density at radius 1 is 1.31 bits per heavy atom. The van der Waals surface area contributed by atoms with Crippen LogP contribution in [-0.2, 0) is 4.79 Å². The molecule has 1 amide bonds. The first-order valence-corrected chi connectivity index (χ1v) is 6.65. The van der Waals surface area contributed by atoms with E-state index in [0.717, 1.165) is 19.6 Å². The zero-order valence-electron chi connectivity index (χ0n) is 11.7. The normalized spacial score (nSPS) is 15.1. The molecule has 16 heavy (non-hydrogen) atoms. The zero-order valence-corrected chi connectivity index (χ0v) is 11.7. The Hall–Kier alpha value is -0.570. The molecule has 3 nitrogen and oxygen atoms in total. The molecule has 0 aromatic heterocycles. The second-order valence-electron chi connectivity index (χ2n) is 3.84. The van der Waals surface area contributed by atoms with Crippen LogP contribution in [0.3, 0.4) is 0 Å². The molecule has 0 saturated carbocycles. The van der Waals surface area contributed by atoms with E-state index in [0.29, 0.717) is 5.92 Å². The van der Waals surface area contributed by atoms with Gasteiger partial charge in [-0.2, -0.15) is 0 Å². The van der Waals surface area contributed by atoms with E-state index in [1.807, 2.05) is 13.8 Å². The van der Waals surface area contributed by atoms with E-state index in [1.165, 1.54) is 19.3 Å². The lowest BCUT2D eigenvalue weighted by atomic mass is 9.98. The molecular formula is C13H32N2O. The fourth-order valence-corrected chi connectivity index (χ4v) is 1.37. The van der Waals surface area contributed by atoms with E-state index in [2.05, 4.69) is 24.5 Å². The third-order valence-electron chi connectivity index (χ3n) is 2.10. The third-order valence-corrected chi connectivity index (χ3v) is 2.10. The summed E-state index contributed by atoms with van der Waals surface area (Å²) in [7, 11) is 0. The molecule has 0 atom stereocenters. The minimum absolute atomic E-state index is 0. The number of hydrogen-bond donors (Lipinski definition) is 2. The van der Waals surface area contributed by atoms with Gasteiger partial charge in [-0.15, -0.1) is 0 Å².